The zero-order valence-corrected chi connectivity index (χ0v) is 11.2. The standard InChI is InChI=1S/C13H18ClNO2/c1-13(2,3)17-12(16)11-8-10(14)5-4-9(11)6-7-15/h4-5,8H,6-7,15H2,1-3H3. The third kappa shape index (κ3) is 4.36. The van der Waals surface area contributed by atoms with E-state index in [1.807, 2.05) is 26.8 Å². The predicted molar refractivity (Wildman–Crippen MR) is 69.4 cm³/mol. The van der Waals surface area contributed by atoms with Gasteiger partial charge in [-0.05, 0) is 51.4 Å². The summed E-state index contributed by atoms with van der Waals surface area (Å²) in [4.78, 5) is 12.0. The molecule has 0 saturated carbocycles. The molecule has 17 heavy (non-hydrogen) atoms. The number of carbonyl (C=O) groups is 1. The van der Waals surface area contributed by atoms with E-state index in [4.69, 9.17) is 22.1 Å². The zero-order valence-electron chi connectivity index (χ0n) is 10.4. The summed E-state index contributed by atoms with van der Waals surface area (Å²) in [7, 11) is 0. The minimum absolute atomic E-state index is 0.358. The molecule has 3 nitrogen and oxygen atoms in total. The van der Waals surface area contributed by atoms with Gasteiger partial charge in [-0.3, -0.25) is 0 Å². The fraction of sp³-hybridized carbons (Fsp3) is 0.462. The van der Waals surface area contributed by atoms with Crippen molar-refractivity contribution < 1.29 is 9.53 Å². The molecule has 0 unspecified atom stereocenters. The minimum Gasteiger partial charge on any atom is -0.456 e. The van der Waals surface area contributed by atoms with E-state index in [9.17, 15) is 4.79 Å². The van der Waals surface area contributed by atoms with Crippen molar-refractivity contribution >= 4 is 17.6 Å². The molecule has 0 aliphatic rings. The number of hydrogen-bond acceptors (Lipinski definition) is 3. The topological polar surface area (TPSA) is 52.3 Å². The summed E-state index contributed by atoms with van der Waals surface area (Å²) in [5.74, 6) is -0.358. The van der Waals surface area contributed by atoms with Crippen molar-refractivity contribution in [3.05, 3.63) is 34.3 Å². The average molecular weight is 256 g/mol. The Bertz CT molecular complexity index is 410. The lowest BCUT2D eigenvalue weighted by atomic mass is 10.0. The second kappa shape index (κ2) is 5.52. The molecule has 0 fully saturated rings. The van der Waals surface area contributed by atoms with Gasteiger partial charge in [0.2, 0.25) is 0 Å². The van der Waals surface area contributed by atoms with Crippen molar-refractivity contribution in [2.24, 2.45) is 5.73 Å². The molecule has 1 rings (SSSR count). The molecule has 0 saturated heterocycles. The maximum absolute atomic E-state index is 12.0. The van der Waals surface area contributed by atoms with Crippen LogP contribution < -0.4 is 5.73 Å². The molecule has 0 atom stereocenters. The number of nitrogens with two attached hydrogens (primary N) is 1. The molecule has 0 heterocycles. The molecule has 0 amide bonds. The third-order valence-corrected chi connectivity index (χ3v) is 2.34. The van der Waals surface area contributed by atoms with Gasteiger partial charge in [0.05, 0.1) is 5.56 Å². The number of ether oxygens (including phenoxy) is 1. The van der Waals surface area contributed by atoms with E-state index >= 15 is 0 Å². The fourth-order valence-corrected chi connectivity index (χ4v) is 1.62. The Morgan fingerprint density at radius 2 is 2.06 bits per heavy atom. The van der Waals surface area contributed by atoms with E-state index in [1.165, 1.54) is 0 Å². The van der Waals surface area contributed by atoms with E-state index in [-0.39, 0.29) is 5.97 Å². The van der Waals surface area contributed by atoms with Crippen molar-refractivity contribution in [3.63, 3.8) is 0 Å². The second-order valence-corrected chi connectivity index (χ2v) is 5.28. The first-order valence-corrected chi connectivity index (χ1v) is 5.93. The minimum atomic E-state index is -0.514. The number of benzene rings is 1. The number of hydrogen-bond donors (Lipinski definition) is 1. The summed E-state index contributed by atoms with van der Waals surface area (Å²) in [5.41, 5.74) is 6.36. The van der Waals surface area contributed by atoms with Crippen LogP contribution >= 0.6 is 11.6 Å². The van der Waals surface area contributed by atoms with Crippen LogP contribution in [0, 0.1) is 0 Å². The molecule has 2 N–H and O–H groups in total. The highest BCUT2D eigenvalue weighted by Gasteiger charge is 2.20. The average Bonchev–Trinajstić information content (AvgIpc) is 2.18. The quantitative estimate of drug-likeness (QED) is 0.845. The Morgan fingerprint density at radius 1 is 1.41 bits per heavy atom. The highest BCUT2D eigenvalue weighted by atomic mass is 35.5. The molecular formula is C13H18ClNO2. The smallest absolute Gasteiger partial charge is 0.338 e. The highest BCUT2D eigenvalue weighted by molar-refractivity contribution is 6.31. The summed E-state index contributed by atoms with van der Waals surface area (Å²) in [5, 5.41) is 0.520. The Labute approximate surface area is 107 Å². The first kappa shape index (κ1) is 14.0. The van der Waals surface area contributed by atoms with Gasteiger partial charge in [0.15, 0.2) is 0 Å². The SMILES string of the molecule is CC(C)(C)OC(=O)c1cc(Cl)ccc1CCN. The van der Waals surface area contributed by atoms with Crippen molar-refractivity contribution in [2.75, 3.05) is 6.54 Å². The summed E-state index contributed by atoms with van der Waals surface area (Å²) in [6.07, 6.45) is 0.631. The summed E-state index contributed by atoms with van der Waals surface area (Å²) in [6, 6.07) is 5.19. The molecule has 0 aliphatic heterocycles. The summed E-state index contributed by atoms with van der Waals surface area (Å²) < 4.78 is 5.33. The van der Waals surface area contributed by atoms with Crippen molar-refractivity contribution in [1.29, 1.82) is 0 Å². The molecule has 0 aromatic heterocycles. The van der Waals surface area contributed by atoms with Crippen LogP contribution in [-0.2, 0) is 11.2 Å². The maximum atomic E-state index is 12.0. The van der Waals surface area contributed by atoms with Crippen molar-refractivity contribution in [2.45, 2.75) is 32.8 Å². The molecule has 4 heteroatoms. The van der Waals surface area contributed by atoms with Crippen LogP contribution in [0.15, 0.2) is 18.2 Å². The van der Waals surface area contributed by atoms with Crippen LogP contribution in [-0.4, -0.2) is 18.1 Å². The zero-order chi connectivity index (χ0) is 13.1. The van der Waals surface area contributed by atoms with E-state index < -0.39 is 5.60 Å². The van der Waals surface area contributed by atoms with Crippen LogP contribution in [0.1, 0.15) is 36.7 Å². The second-order valence-electron chi connectivity index (χ2n) is 4.84. The van der Waals surface area contributed by atoms with E-state index in [1.54, 1.807) is 12.1 Å². The number of rotatable bonds is 3. The van der Waals surface area contributed by atoms with E-state index in [2.05, 4.69) is 0 Å². The van der Waals surface area contributed by atoms with Crippen LogP contribution in [0.2, 0.25) is 5.02 Å². The number of halogens is 1. The number of esters is 1. The highest BCUT2D eigenvalue weighted by Crippen LogP contribution is 2.20. The lowest BCUT2D eigenvalue weighted by Gasteiger charge is -2.20. The van der Waals surface area contributed by atoms with Gasteiger partial charge in [-0.2, -0.15) is 0 Å². The van der Waals surface area contributed by atoms with Gasteiger partial charge in [-0.1, -0.05) is 17.7 Å². The Balaban J connectivity index is 3.02. The molecule has 0 aliphatic carbocycles. The summed E-state index contributed by atoms with van der Waals surface area (Å²) in [6.45, 7) is 5.98. The Kier molecular flexibility index (Phi) is 4.54. The molecule has 1 aromatic rings. The molecule has 94 valence electrons. The van der Waals surface area contributed by atoms with Gasteiger partial charge in [-0.25, -0.2) is 4.79 Å². The Morgan fingerprint density at radius 3 is 2.59 bits per heavy atom. The van der Waals surface area contributed by atoms with Crippen LogP contribution in [0.25, 0.3) is 0 Å². The van der Waals surface area contributed by atoms with E-state index in [0.717, 1.165) is 5.56 Å². The predicted octanol–water partition coefficient (Wildman–Crippen LogP) is 2.80. The van der Waals surface area contributed by atoms with Gasteiger partial charge in [0.1, 0.15) is 5.60 Å². The molecule has 0 radical (unpaired) electrons. The molecule has 1 aromatic carbocycles. The number of carbonyl (C=O) groups excluding carboxylic acids is 1. The van der Waals surface area contributed by atoms with Crippen LogP contribution in [0.4, 0.5) is 0 Å². The largest absolute Gasteiger partial charge is 0.456 e. The lowest BCUT2D eigenvalue weighted by Crippen LogP contribution is -2.24. The first-order chi connectivity index (χ1) is 7.83. The maximum Gasteiger partial charge on any atom is 0.338 e. The fourth-order valence-electron chi connectivity index (χ4n) is 1.45. The van der Waals surface area contributed by atoms with Crippen LogP contribution in [0.3, 0.4) is 0 Å². The molecular weight excluding hydrogens is 238 g/mol. The summed E-state index contributed by atoms with van der Waals surface area (Å²) >= 11 is 5.89. The van der Waals surface area contributed by atoms with Crippen molar-refractivity contribution in [3.8, 4) is 0 Å². The van der Waals surface area contributed by atoms with Gasteiger partial charge in [0, 0.05) is 5.02 Å². The lowest BCUT2D eigenvalue weighted by molar-refractivity contribution is 0.00684. The molecule has 0 bridgehead atoms. The van der Waals surface area contributed by atoms with Gasteiger partial charge in [-0.15, -0.1) is 0 Å². The first-order valence-electron chi connectivity index (χ1n) is 5.55. The van der Waals surface area contributed by atoms with Gasteiger partial charge in [0.25, 0.3) is 0 Å². The monoisotopic (exact) mass is 255 g/mol. The molecule has 0 spiro atoms. The van der Waals surface area contributed by atoms with E-state index in [0.29, 0.717) is 23.6 Å². The van der Waals surface area contributed by atoms with Crippen molar-refractivity contribution in [1.82, 2.24) is 0 Å². The van der Waals surface area contributed by atoms with Crippen LogP contribution in [0.5, 0.6) is 0 Å². The normalized spacial score (nSPS) is 11.4. The van der Waals surface area contributed by atoms with Gasteiger partial charge >= 0.3 is 5.97 Å². The Hall–Kier alpha value is -1.06. The third-order valence-electron chi connectivity index (χ3n) is 2.10. The van der Waals surface area contributed by atoms with Gasteiger partial charge < -0.3 is 10.5 Å².